The maximum absolute atomic E-state index is 13.0. The van der Waals surface area contributed by atoms with E-state index >= 15 is 0 Å². The highest BCUT2D eigenvalue weighted by molar-refractivity contribution is 5.98. The lowest BCUT2D eigenvalue weighted by Gasteiger charge is -2.19. The number of aryl methyl sites for hydroxylation is 1. The lowest BCUT2D eigenvalue weighted by atomic mass is 10.0. The van der Waals surface area contributed by atoms with Crippen molar-refractivity contribution in [3.63, 3.8) is 0 Å². The van der Waals surface area contributed by atoms with Crippen LogP contribution >= 0.6 is 0 Å². The van der Waals surface area contributed by atoms with E-state index < -0.39 is 6.04 Å². The monoisotopic (exact) mass is 466 g/mol. The lowest BCUT2D eigenvalue weighted by molar-refractivity contribution is -0.123. The number of hydrogen-bond acceptors (Lipinski definition) is 5. The van der Waals surface area contributed by atoms with Gasteiger partial charge in [-0.3, -0.25) is 9.59 Å². The van der Waals surface area contributed by atoms with Gasteiger partial charge >= 0.3 is 0 Å². The molecule has 1 unspecified atom stereocenters. The first-order valence-corrected chi connectivity index (χ1v) is 11.7. The Labute approximate surface area is 203 Å². The van der Waals surface area contributed by atoms with Crippen molar-refractivity contribution in [2.75, 3.05) is 0 Å². The Kier molecular flexibility index (Phi) is 6.39. The third-order valence-corrected chi connectivity index (χ3v) is 6.02. The standard InChI is InChI=1S/C28H26N4O3/c1-18-7-5-6-10-23(18)28-32-31-27(35-28)21-13-11-20(12-14-21)25(33)30-24(26(34)29-22-15-16-22)17-19-8-3-2-4-9-19/h2-14,22,24H,15-17H2,1H3,(H,29,34)(H,30,33). The molecule has 5 rings (SSSR count). The van der Waals surface area contributed by atoms with E-state index in [1.165, 1.54) is 0 Å². The van der Waals surface area contributed by atoms with E-state index in [0.717, 1.165) is 29.5 Å². The van der Waals surface area contributed by atoms with Gasteiger partial charge in [0.1, 0.15) is 6.04 Å². The molecule has 0 radical (unpaired) electrons. The van der Waals surface area contributed by atoms with Crippen LogP contribution in [-0.2, 0) is 11.2 Å². The summed E-state index contributed by atoms with van der Waals surface area (Å²) in [4.78, 5) is 25.8. The molecule has 3 aromatic carbocycles. The minimum Gasteiger partial charge on any atom is -0.416 e. The van der Waals surface area contributed by atoms with Gasteiger partial charge in [-0.25, -0.2) is 0 Å². The van der Waals surface area contributed by atoms with Crippen molar-refractivity contribution in [1.29, 1.82) is 0 Å². The molecule has 35 heavy (non-hydrogen) atoms. The first kappa shape index (κ1) is 22.5. The zero-order valence-corrected chi connectivity index (χ0v) is 19.4. The summed E-state index contributed by atoms with van der Waals surface area (Å²) in [6.07, 6.45) is 2.40. The topological polar surface area (TPSA) is 97.1 Å². The normalized spacial score (nSPS) is 13.7. The summed E-state index contributed by atoms with van der Waals surface area (Å²) in [5.74, 6) is 0.358. The van der Waals surface area contributed by atoms with E-state index in [0.29, 0.717) is 29.3 Å². The summed E-state index contributed by atoms with van der Waals surface area (Å²) < 4.78 is 5.87. The highest BCUT2D eigenvalue weighted by Crippen LogP contribution is 2.26. The Morgan fingerprint density at radius 3 is 2.31 bits per heavy atom. The fourth-order valence-corrected chi connectivity index (χ4v) is 3.86. The second-order valence-corrected chi connectivity index (χ2v) is 8.80. The molecule has 1 atom stereocenters. The third-order valence-electron chi connectivity index (χ3n) is 6.02. The van der Waals surface area contributed by atoms with Crippen LogP contribution < -0.4 is 10.6 Å². The average molecular weight is 467 g/mol. The Morgan fingerprint density at radius 1 is 0.914 bits per heavy atom. The molecular weight excluding hydrogens is 440 g/mol. The second kappa shape index (κ2) is 9.93. The molecule has 0 saturated heterocycles. The first-order valence-electron chi connectivity index (χ1n) is 11.7. The Bertz CT molecular complexity index is 1330. The number of nitrogens with one attached hydrogen (secondary N) is 2. The van der Waals surface area contributed by atoms with Crippen molar-refractivity contribution in [3.05, 3.63) is 95.6 Å². The predicted molar refractivity (Wildman–Crippen MR) is 132 cm³/mol. The molecule has 7 heteroatoms. The molecule has 2 N–H and O–H groups in total. The van der Waals surface area contributed by atoms with Crippen molar-refractivity contribution >= 4 is 11.8 Å². The van der Waals surface area contributed by atoms with Crippen molar-refractivity contribution in [2.24, 2.45) is 0 Å². The molecule has 0 aliphatic heterocycles. The van der Waals surface area contributed by atoms with Crippen molar-refractivity contribution in [2.45, 2.75) is 38.3 Å². The van der Waals surface area contributed by atoms with Gasteiger partial charge in [-0.15, -0.1) is 10.2 Å². The summed E-state index contributed by atoms with van der Waals surface area (Å²) >= 11 is 0. The smallest absolute Gasteiger partial charge is 0.251 e. The molecule has 1 aromatic heterocycles. The van der Waals surface area contributed by atoms with E-state index in [4.69, 9.17) is 4.42 Å². The minimum atomic E-state index is -0.655. The molecule has 1 aliphatic rings. The summed E-state index contributed by atoms with van der Waals surface area (Å²) in [7, 11) is 0. The molecule has 176 valence electrons. The number of carbonyl (C=O) groups is 2. The van der Waals surface area contributed by atoms with Crippen LogP contribution in [0.3, 0.4) is 0 Å². The maximum atomic E-state index is 13.0. The van der Waals surface area contributed by atoms with Gasteiger partial charge in [-0.1, -0.05) is 48.5 Å². The van der Waals surface area contributed by atoms with E-state index in [1.54, 1.807) is 24.3 Å². The molecular formula is C28H26N4O3. The van der Waals surface area contributed by atoms with Gasteiger partial charge in [0.15, 0.2) is 0 Å². The molecule has 0 bridgehead atoms. The molecule has 1 heterocycles. The van der Waals surface area contributed by atoms with Crippen LogP contribution in [0.4, 0.5) is 0 Å². The molecule has 2 amide bonds. The zero-order chi connectivity index (χ0) is 24.2. The van der Waals surface area contributed by atoms with Crippen molar-refractivity contribution in [3.8, 4) is 22.9 Å². The molecule has 0 spiro atoms. The van der Waals surface area contributed by atoms with E-state index in [-0.39, 0.29) is 17.9 Å². The number of nitrogens with zero attached hydrogens (tertiary/aromatic N) is 2. The Hall–Kier alpha value is -4.26. The van der Waals surface area contributed by atoms with Gasteiger partial charge < -0.3 is 15.1 Å². The van der Waals surface area contributed by atoms with E-state index in [2.05, 4.69) is 20.8 Å². The number of hydrogen-bond donors (Lipinski definition) is 2. The lowest BCUT2D eigenvalue weighted by Crippen LogP contribution is -2.48. The van der Waals surface area contributed by atoms with Crippen LogP contribution in [0.5, 0.6) is 0 Å². The SMILES string of the molecule is Cc1ccccc1-c1nnc(-c2ccc(C(=O)NC(Cc3ccccc3)C(=O)NC3CC3)cc2)o1. The zero-order valence-electron chi connectivity index (χ0n) is 19.4. The fraction of sp³-hybridized carbons (Fsp3) is 0.214. The maximum Gasteiger partial charge on any atom is 0.251 e. The molecule has 1 aliphatic carbocycles. The number of aromatic nitrogens is 2. The number of rotatable bonds is 8. The van der Waals surface area contributed by atoms with Crippen molar-refractivity contribution in [1.82, 2.24) is 20.8 Å². The number of benzene rings is 3. The summed E-state index contributed by atoms with van der Waals surface area (Å²) in [6, 6.07) is 24.0. The van der Waals surface area contributed by atoms with Gasteiger partial charge in [-0.2, -0.15) is 0 Å². The second-order valence-electron chi connectivity index (χ2n) is 8.80. The fourth-order valence-electron chi connectivity index (χ4n) is 3.86. The molecule has 1 fully saturated rings. The molecule has 4 aromatic rings. The Morgan fingerprint density at radius 2 is 1.60 bits per heavy atom. The quantitative estimate of drug-likeness (QED) is 0.403. The number of carbonyl (C=O) groups excluding carboxylic acids is 2. The number of amides is 2. The third kappa shape index (κ3) is 5.46. The van der Waals surface area contributed by atoms with Gasteiger partial charge in [0.05, 0.1) is 0 Å². The van der Waals surface area contributed by atoms with Gasteiger partial charge in [0.25, 0.3) is 5.91 Å². The first-order chi connectivity index (χ1) is 17.1. The van der Waals surface area contributed by atoms with Gasteiger partial charge in [-0.05, 0) is 61.2 Å². The summed E-state index contributed by atoms with van der Waals surface area (Å²) in [5, 5.41) is 14.2. The van der Waals surface area contributed by atoms with Gasteiger partial charge in [0.2, 0.25) is 17.7 Å². The van der Waals surface area contributed by atoms with Gasteiger partial charge in [0, 0.05) is 29.2 Å². The predicted octanol–water partition coefficient (Wildman–Crippen LogP) is 4.33. The van der Waals surface area contributed by atoms with Crippen LogP contribution in [0.15, 0.2) is 83.3 Å². The van der Waals surface area contributed by atoms with E-state index in [1.807, 2.05) is 61.5 Å². The van der Waals surface area contributed by atoms with Crippen LogP contribution in [0.25, 0.3) is 22.9 Å². The Balaban J connectivity index is 1.29. The average Bonchev–Trinajstić information content (AvgIpc) is 3.56. The molecule has 1 saturated carbocycles. The van der Waals surface area contributed by atoms with Crippen LogP contribution in [0.1, 0.15) is 34.3 Å². The highest BCUT2D eigenvalue weighted by atomic mass is 16.4. The van der Waals surface area contributed by atoms with Crippen LogP contribution in [0.2, 0.25) is 0 Å². The van der Waals surface area contributed by atoms with Crippen molar-refractivity contribution < 1.29 is 14.0 Å². The highest BCUT2D eigenvalue weighted by Gasteiger charge is 2.28. The molecule has 7 nitrogen and oxygen atoms in total. The van der Waals surface area contributed by atoms with E-state index in [9.17, 15) is 9.59 Å². The van der Waals surface area contributed by atoms with Crippen LogP contribution in [-0.4, -0.2) is 34.1 Å². The summed E-state index contributed by atoms with van der Waals surface area (Å²) in [5.41, 5.74) is 4.08. The minimum absolute atomic E-state index is 0.157. The van der Waals surface area contributed by atoms with Crippen LogP contribution in [0, 0.1) is 6.92 Å². The largest absolute Gasteiger partial charge is 0.416 e. The summed E-state index contributed by atoms with van der Waals surface area (Å²) in [6.45, 7) is 1.99.